The van der Waals surface area contributed by atoms with Gasteiger partial charge >= 0.3 is 5.97 Å². The molecule has 0 radical (unpaired) electrons. The lowest BCUT2D eigenvalue weighted by molar-refractivity contribution is 0.0573. The molecule has 4 rings (SSSR count). The van der Waals surface area contributed by atoms with Crippen LogP contribution in [0.2, 0.25) is 0 Å². The average Bonchev–Trinajstić information content (AvgIpc) is 3.45. The first kappa shape index (κ1) is 22.0. The molecule has 0 saturated carbocycles. The molecule has 3 aromatic heterocycles. The second kappa shape index (κ2) is 8.76. The number of pyridine rings is 1. The molecule has 1 amide bonds. The van der Waals surface area contributed by atoms with Crippen LogP contribution < -0.4 is 0 Å². The number of carbonyl (C=O) groups excluding carboxylic acids is 2. The normalized spacial score (nSPS) is 15.2. The summed E-state index contributed by atoms with van der Waals surface area (Å²) in [6, 6.07) is 5.88. The molecule has 1 fully saturated rings. The predicted octanol–water partition coefficient (Wildman–Crippen LogP) is 4.20. The Bertz CT molecular complexity index is 1140. The first-order valence-corrected chi connectivity index (χ1v) is 11.2. The molecule has 0 atom stereocenters. The largest absolute Gasteiger partial charge is 0.464 e. The highest BCUT2D eigenvalue weighted by atomic mass is 16.5. The molecule has 0 unspecified atom stereocenters. The minimum absolute atomic E-state index is 0.0155. The third-order valence-corrected chi connectivity index (χ3v) is 6.22. The minimum atomic E-state index is -0.337. The molecule has 1 aliphatic heterocycles. The molecule has 8 heteroatoms. The van der Waals surface area contributed by atoms with Gasteiger partial charge in [0, 0.05) is 37.1 Å². The van der Waals surface area contributed by atoms with Crippen molar-refractivity contribution in [1.82, 2.24) is 24.2 Å². The third-order valence-electron chi connectivity index (χ3n) is 6.22. The molecule has 0 bridgehead atoms. The zero-order valence-corrected chi connectivity index (χ0v) is 19.4. The molecule has 32 heavy (non-hydrogen) atoms. The molecular formula is C24H31N5O3. The Morgan fingerprint density at radius 1 is 1.16 bits per heavy atom. The van der Waals surface area contributed by atoms with Crippen LogP contribution in [0.25, 0.3) is 11.0 Å². The molecule has 8 nitrogen and oxygen atoms in total. The first-order chi connectivity index (χ1) is 15.3. The van der Waals surface area contributed by atoms with E-state index in [1.165, 1.54) is 7.11 Å². The van der Waals surface area contributed by atoms with Crippen LogP contribution in [0.15, 0.2) is 30.6 Å². The SMILES string of the molecule is COC(=O)c1cccn1C1CCN(C(=O)c2cc(C(C)C)nc3c2cnn3C(C)C)CC1. The standard InChI is InChI=1S/C24H31N5O3/c1-15(2)20-13-18(19-14-25-29(16(3)4)22(19)26-20)23(30)27-11-8-17(9-12-27)28-10-6-7-21(28)24(31)32-5/h6-7,10,13-17H,8-9,11-12H2,1-5H3. The smallest absolute Gasteiger partial charge is 0.354 e. The quantitative estimate of drug-likeness (QED) is 0.559. The molecule has 0 aromatic carbocycles. The molecule has 0 spiro atoms. The van der Waals surface area contributed by atoms with Gasteiger partial charge in [-0.1, -0.05) is 13.8 Å². The zero-order chi connectivity index (χ0) is 23.0. The second-order valence-corrected chi connectivity index (χ2v) is 8.99. The van der Waals surface area contributed by atoms with Crippen molar-refractivity contribution in [2.24, 2.45) is 0 Å². The van der Waals surface area contributed by atoms with Gasteiger partial charge < -0.3 is 14.2 Å². The summed E-state index contributed by atoms with van der Waals surface area (Å²) in [5.74, 6) is -0.115. The fourth-order valence-corrected chi connectivity index (χ4v) is 4.40. The van der Waals surface area contributed by atoms with Crippen molar-refractivity contribution in [3.63, 3.8) is 0 Å². The lowest BCUT2D eigenvalue weighted by Crippen LogP contribution is -2.39. The summed E-state index contributed by atoms with van der Waals surface area (Å²) in [6.45, 7) is 9.54. The Morgan fingerprint density at radius 2 is 1.88 bits per heavy atom. The van der Waals surface area contributed by atoms with Crippen LogP contribution in [-0.2, 0) is 4.74 Å². The van der Waals surface area contributed by atoms with Gasteiger partial charge in [-0.2, -0.15) is 5.10 Å². The summed E-state index contributed by atoms with van der Waals surface area (Å²) in [5, 5.41) is 5.30. The van der Waals surface area contributed by atoms with Crippen LogP contribution >= 0.6 is 0 Å². The zero-order valence-electron chi connectivity index (χ0n) is 19.4. The van der Waals surface area contributed by atoms with Crippen LogP contribution in [-0.4, -0.2) is 56.3 Å². The van der Waals surface area contributed by atoms with Crippen molar-refractivity contribution >= 4 is 22.9 Å². The number of likely N-dealkylation sites (tertiary alicyclic amines) is 1. The van der Waals surface area contributed by atoms with Crippen LogP contribution in [0.5, 0.6) is 0 Å². The van der Waals surface area contributed by atoms with E-state index in [0.29, 0.717) is 24.3 Å². The number of esters is 1. The van der Waals surface area contributed by atoms with E-state index >= 15 is 0 Å². The Morgan fingerprint density at radius 3 is 2.50 bits per heavy atom. The number of aromatic nitrogens is 4. The summed E-state index contributed by atoms with van der Waals surface area (Å²) in [4.78, 5) is 32.3. The van der Waals surface area contributed by atoms with Gasteiger partial charge in [0.2, 0.25) is 0 Å². The molecule has 170 valence electrons. The van der Waals surface area contributed by atoms with E-state index in [2.05, 4.69) is 32.8 Å². The number of piperidine rings is 1. The van der Waals surface area contributed by atoms with Gasteiger partial charge in [0.25, 0.3) is 5.91 Å². The highest BCUT2D eigenvalue weighted by molar-refractivity contribution is 6.05. The maximum Gasteiger partial charge on any atom is 0.354 e. The van der Waals surface area contributed by atoms with Crippen LogP contribution in [0.1, 0.15) is 85.1 Å². The molecule has 4 heterocycles. The Labute approximate surface area is 188 Å². The van der Waals surface area contributed by atoms with Crippen molar-refractivity contribution in [1.29, 1.82) is 0 Å². The van der Waals surface area contributed by atoms with E-state index in [9.17, 15) is 9.59 Å². The van der Waals surface area contributed by atoms with Crippen molar-refractivity contribution < 1.29 is 14.3 Å². The van der Waals surface area contributed by atoms with Gasteiger partial charge in [-0.05, 0) is 50.8 Å². The second-order valence-electron chi connectivity index (χ2n) is 8.99. The topological polar surface area (TPSA) is 82.2 Å². The lowest BCUT2D eigenvalue weighted by atomic mass is 10.0. The summed E-state index contributed by atoms with van der Waals surface area (Å²) in [6.07, 6.45) is 5.23. The summed E-state index contributed by atoms with van der Waals surface area (Å²) >= 11 is 0. The highest BCUT2D eigenvalue weighted by Gasteiger charge is 2.28. The monoisotopic (exact) mass is 437 g/mol. The summed E-state index contributed by atoms with van der Waals surface area (Å²) in [5.41, 5.74) is 2.88. The van der Waals surface area contributed by atoms with Crippen molar-refractivity contribution in [2.45, 2.75) is 58.5 Å². The van der Waals surface area contributed by atoms with E-state index in [1.807, 2.05) is 32.5 Å². The molecular weight excluding hydrogens is 406 g/mol. The van der Waals surface area contributed by atoms with Crippen LogP contribution in [0.4, 0.5) is 0 Å². The molecule has 3 aromatic rings. The third kappa shape index (κ3) is 3.89. The number of nitrogens with zero attached hydrogens (tertiary/aromatic N) is 5. The van der Waals surface area contributed by atoms with Crippen molar-refractivity contribution in [3.8, 4) is 0 Å². The fraction of sp³-hybridized carbons (Fsp3) is 0.500. The van der Waals surface area contributed by atoms with E-state index in [-0.39, 0.29) is 29.9 Å². The molecule has 1 saturated heterocycles. The number of fused-ring (bicyclic) bond motifs is 1. The van der Waals surface area contributed by atoms with Gasteiger partial charge in [0.05, 0.1) is 24.3 Å². The minimum Gasteiger partial charge on any atom is -0.464 e. The van der Waals surface area contributed by atoms with Gasteiger partial charge in [-0.25, -0.2) is 14.5 Å². The number of hydrogen-bond acceptors (Lipinski definition) is 5. The first-order valence-electron chi connectivity index (χ1n) is 11.2. The number of rotatable bonds is 5. The lowest BCUT2D eigenvalue weighted by Gasteiger charge is -2.33. The van der Waals surface area contributed by atoms with Gasteiger partial charge in [-0.15, -0.1) is 0 Å². The summed E-state index contributed by atoms with van der Waals surface area (Å²) in [7, 11) is 1.39. The van der Waals surface area contributed by atoms with E-state index in [0.717, 1.165) is 29.6 Å². The average molecular weight is 438 g/mol. The maximum atomic E-state index is 13.6. The number of carbonyl (C=O) groups is 2. The predicted molar refractivity (Wildman–Crippen MR) is 122 cm³/mol. The van der Waals surface area contributed by atoms with E-state index in [4.69, 9.17) is 9.72 Å². The van der Waals surface area contributed by atoms with Crippen LogP contribution in [0.3, 0.4) is 0 Å². The fourth-order valence-electron chi connectivity index (χ4n) is 4.40. The molecule has 0 aliphatic carbocycles. The van der Waals surface area contributed by atoms with Gasteiger partial charge in [0.15, 0.2) is 5.65 Å². The number of hydrogen-bond donors (Lipinski definition) is 0. The number of methoxy groups -OCH3 is 1. The molecule has 1 aliphatic rings. The Hall–Kier alpha value is -3.16. The van der Waals surface area contributed by atoms with Gasteiger partial charge in [-0.3, -0.25) is 4.79 Å². The number of ether oxygens (including phenoxy) is 1. The van der Waals surface area contributed by atoms with E-state index < -0.39 is 0 Å². The van der Waals surface area contributed by atoms with E-state index in [1.54, 1.807) is 12.3 Å². The van der Waals surface area contributed by atoms with Crippen molar-refractivity contribution in [2.75, 3.05) is 20.2 Å². The Balaban J connectivity index is 1.59. The Kier molecular flexibility index (Phi) is 6.04. The number of amides is 1. The molecule has 0 N–H and O–H groups in total. The maximum absolute atomic E-state index is 13.6. The van der Waals surface area contributed by atoms with Gasteiger partial charge in [0.1, 0.15) is 5.69 Å². The highest BCUT2D eigenvalue weighted by Crippen LogP contribution is 2.29. The summed E-state index contributed by atoms with van der Waals surface area (Å²) < 4.78 is 8.75. The van der Waals surface area contributed by atoms with Crippen molar-refractivity contribution in [3.05, 3.63) is 47.5 Å². The van der Waals surface area contributed by atoms with Crippen LogP contribution in [0, 0.1) is 0 Å².